The van der Waals surface area contributed by atoms with Crippen molar-refractivity contribution >= 4 is 28.5 Å². The number of anilines is 1. The van der Waals surface area contributed by atoms with Crippen LogP contribution in [0.25, 0.3) is 6.08 Å². The van der Waals surface area contributed by atoms with Crippen LogP contribution in [0.15, 0.2) is 30.3 Å². The average molecular weight is 316 g/mol. The topological polar surface area (TPSA) is 51.2 Å². The van der Waals surface area contributed by atoms with Crippen molar-refractivity contribution in [2.24, 2.45) is 0 Å². The molecule has 0 unspecified atom stereocenters. The van der Waals surface area contributed by atoms with E-state index in [0.717, 1.165) is 28.3 Å². The number of hydrogen-bond acceptors (Lipinski definition) is 4. The maximum absolute atomic E-state index is 11.9. The van der Waals surface area contributed by atoms with E-state index in [-0.39, 0.29) is 5.91 Å². The second kappa shape index (κ2) is 7.75. The lowest BCUT2D eigenvalue weighted by molar-refractivity contribution is -0.111. The van der Waals surface area contributed by atoms with Crippen molar-refractivity contribution in [3.63, 3.8) is 0 Å². The summed E-state index contributed by atoms with van der Waals surface area (Å²) < 4.78 is 5.52. The second-order valence-corrected chi connectivity index (χ2v) is 6.10. The predicted octanol–water partition coefficient (Wildman–Crippen LogP) is 4.20. The fourth-order valence-electron chi connectivity index (χ4n) is 1.74. The molecule has 0 aliphatic carbocycles. The molecule has 0 bridgehead atoms. The van der Waals surface area contributed by atoms with Crippen molar-refractivity contribution in [1.29, 1.82) is 0 Å². The van der Waals surface area contributed by atoms with E-state index in [0.29, 0.717) is 11.7 Å². The Labute approximate surface area is 134 Å². The molecule has 116 valence electrons. The predicted molar refractivity (Wildman–Crippen MR) is 91.5 cm³/mol. The van der Waals surface area contributed by atoms with Crippen LogP contribution >= 0.6 is 11.3 Å². The van der Waals surface area contributed by atoms with Gasteiger partial charge in [-0.2, -0.15) is 0 Å². The molecule has 5 heteroatoms. The van der Waals surface area contributed by atoms with Gasteiger partial charge in [0.2, 0.25) is 5.91 Å². The van der Waals surface area contributed by atoms with E-state index >= 15 is 0 Å². The monoisotopic (exact) mass is 316 g/mol. The first-order chi connectivity index (χ1) is 10.6. The van der Waals surface area contributed by atoms with Gasteiger partial charge in [0.15, 0.2) is 5.13 Å². The minimum Gasteiger partial charge on any atom is -0.494 e. The number of thiazole rings is 1. The largest absolute Gasteiger partial charge is 0.494 e. The molecule has 1 N–H and O–H groups in total. The molecule has 0 fully saturated rings. The number of amides is 1. The number of hydrogen-bond donors (Lipinski definition) is 1. The molecule has 0 radical (unpaired) electrons. The van der Waals surface area contributed by atoms with Gasteiger partial charge in [0.25, 0.3) is 0 Å². The summed E-state index contributed by atoms with van der Waals surface area (Å²) in [6.45, 7) is 6.70. The normalized spacial score (nSPS) is 10.9. The van der Waals surface area contributed by atoms with Crippen LogP contribution in [0.3, 0.4) is 0 Å². The van der Waals surface area contributed by atoms with Gasteiger partial charge >= 0.3 is 0 Å². The van der Waals surface area contributed by atoms with Crippen molar-refractivity contribution in [1.82, 2.24) is 4.98 Å². The van der Waals surface area contributed by atoms with Crippen LogP contribution in [0, 0.1) is 13.8 Å². The Morgan fingerprint density at radius 2 is 2.05 bits per heavy atom. The third-order valence-corrected chi connectivity index (χ3v) is 4.03. The molecule has 22 heavy (non-hydrogen) atoms. The van der Waals surface area contributed by atoms with Crippen LogP contribution < -0.4 is 10.1 Å². The maximum Gasteiger partial charge on any atom is 0.250 e. The number of carbonyl (C=O) groups is 1. The Kier molecular flexibility index (Phi) is 5.72. The van der Waals surface area contributed by atoms with E-state index in [2.05, 4.69) is 17.2 Å². The van der Waals surface area contributed by atoms with Crippen molar-refractivity contribution in [2.45, 2.75) is 27.2 Å². The third-order valence-electron chi connectivity index (χ3n) is 3.04. The summed E-state index contributed by atoms with van der Waals surface area (Å²) in [5, 5.41) is 3.40. The average Bonchev–Trinajstić information content (AvgIpc) is 2.82. The van der Waals surface area contributed by atoms with Gasteiger partial charge in [-0.1, -0.05) is 19.1 Å². The fraction of sp³-hybridized carbons (Fsp3) is 0.294. The molecule has 0 atom stereocenters. The van der Waals surface area contributed by atoms with Crippen molar-refractivity contribution < 1.29 is 9.53 Å². The van der Waals surface area contributed by atoms with E-state index in [9.17, 15) is 4.79 Å². The van der Waals surface area contributed by atoms with Crippen LogP contribution in [0.2, 0.25) is 0 Å². The molecular weight excluding hydrogens is 296 g/mol. The molecule has 0 saturated heterocycles. The van der Waals surface area contributed by atoms with Gasteiger partial charge in [-0.25, -0.2) is 4.98 Å². The van der Waals surface area contributed by atoms with Crippen molar-refractivity contribution in [3.8, 4) is 5.75 Å². The minimum atomic E-state index is -0.181. The van der Waals surface area contributed by atoms with Crippen LogP contribution in [0.5, 0.6) is 5.75 Å². The highest BCUT2D eigenvalue weighted by Crippen LogP contribution is 2.21. The number of nitrogens with one attached hydrogen (secondary N) is 1. The Morgan fingerprint density at radius 3 is 2.64 bits per heavy atom. The van der Waals surface area contributed by atoms with Crippen LogP contribution in [0.4, 0.5) is 5.13 Å². The van der Waals surface area contributed by atoms with Crippen LogP contribution in [-0.2, 0) is 4.79 Å². The van der Waals surface area contributed by atoms with E-state index in [1.165, 1.54) is 17.4 Å². The van der Waals surface area contributed by atoms with Gasteiger partial charge in [-0.15, -0.1) is 11.3 Å². The van der Waals surface area contributed by atoms with Crippen LogP contribution in [-0.4, -0.2) is 17.5 Å². The molecule has 4 nitrogen and oxygen atoms in total. The smallest absolute Gasteiger partial charge is 0.250 e. The molecule has 2 rings (SSSR count). The fourth-order valence-corrected chi connectivity index (χ4v) is 2.56. The van der Waals surface area contributed by atoms with E-state index in [4.69, 9.17) is 4.74 Å². The van der Waals surface area contributed by atoms with E-state index in [1.807, 2.05) is 38.1 Å². The Bertz CT molecular complexity index is 640. The summed E-state index contributed by atoms with van der Waals surface area (Å²) in [4.78, 5) is 17.3. The quantitative estimate of drug-likeness (QED) is 0.813. The van der Waals surface area contributed by atoms with Gasteiger partial charge in [-0.3, -0.25) is 10.1 Å². The lowest BCUT2D eigenvalue weighted by atomic mass is 10.2. The molecule has 1 aromatic heterocycles. The van der Waals surface area contributed by atoms with Gasteiger partial charge in [0.05, 0.1) is 12.3 Å². The molecule has 1 amide bonds. The molecule has 1 heterocycles. The lowest BCUT2D eigenvalue weighted by Gasteiger charge is -2.03. The molecule has 0 spiro atoms. The number of ether oxygens (including phenoxy) is 1. The highest BCUT2D eigenvalue weighted by molar-refractivity contribution is 7.15. The molecule has 0 aliphatic heterocycles. The molecule has 0 aliphatic rings. The number of carbonyl (C=O) groups excluding carboxylic acids is 1. The van der Waals surface area contributed by atoms with E-state index in [1.54, 1.807) is 6.08 Å². The van der Waals surface area contributed by atoms with Gasteiger partial charge in [0, 0.05) is 11.0 Å². The molecular formula is C17H20N2O2S. The summed E-state index contributed by atoms with van der Waals surface area (Å²) in [6, 6.07) is 7.65. The first-order valence-electron chi connectivity index (χ1n) is 7.24. The van der Waals surface area contributed by atoms with Gasteiger partial charge in [-0.05, 0) is 44.0 Å². The van der Waals surface area contributed by atoms with Crippen molar-refractivity contribution in [3.05, 3.63) is 46.5 Å². The number of benzene rings is 1. The highest BCUT2D eigenvalue weighted by Gasteiger charge is 2.05. The Hall–Kier alpha value is -2.14. The SMILES string of the molecule is CCCOc1ccc(C=CC(=O)Nc2nc(C)c(C)s2)cc1. The zero-order chi connectivity index (χ0) is 15.9. The van der Waals surface area contributed by atoms with Gasteiger partial charge in [0.1, 0.15) is 5.75 Å². The first-order valence-corrected chi connectivity index (χ1v) is 8.06. The summed E-state index contributed by atoms with van der Waals surface area (Å²) in [6.07, 6.45) is 4.26. The molecule has 1 aromatic carbocycles. The summed E-state index contributed by atoms with van der Waals surface area (Å²) in [5.74, 6) is 0.664. The Balaban J connectivity index is 1.91. The standard InChI is InChI=1S/C17H20N2O2S/c1-4-11-21-15-8-5-14(6-9-15)7-10-16(20)19-17-18-12(2)13(3)22-17/h5-10H,4,11H2,1-3H3,(H,18,19,20). The highest BCUT2D eigenvalue weighted by atomic mass is 32.1. The lowest BCUT2D eigenvalue weighted by Crippen LogP contribution is -2.07. The zero-order valence-corrected chi connectivity index (χ0v) is 13.9. The first kappa shape index (κ1) is 16.2. The number of aryl methyl sites for hydroxylation is 2. The zero-order valence-electron chi connectivity index (χ0n) is 13.1. The summed E-state index contributed by atoms with van der Waals surface area (Å²) in [5.41, 5.74) is 1.90. The van der Waals surface area contributed by atoms with Gasteiger partial charge < -0.3 is 4.74 Å². The van der Waals surface area contributed by atoms with Crippen LogP contribution in [0.1, 0.15) is 29.5 Å². The van der Waals surface area contributed by atoms with E-state index < -0.39 is 0 Å². The minimum absolute atomic E-state index is 0.181. The number of rotatable bonds is 6. The molecule has 2 aromatic rings. The van der Waals surface area contributed by atoms with Crippen molar-refractivity contribution in [2.75, 3.05) is 11.9 Å². The summed E-state index contributed by atoms with van der Waals surface area (Å²) >= 11 is 1.48. The Morgan fingerprint density at radius 1 is 1.32 bits per heavy atom. The number of nitrogens with zero attached hydrogens (tertiary/aromatic N) is 1. The third kappa shape index (κ3) is 4.70. The number of aromatic nitrogens is 1. The maximum atomic E-state index is 11.9. The second-order valence-electron chi connectivity index (χ2n) is 4.90. The summed E-state index contributed by atoms with van der Waals surface area (Å²) in [7, 11) is 0. The molecule has 0 saturated carbocycles.